The molecule has 0 aliphatic heterocycles. The summed E-state index contributed by atoms with van der Waals surface area (Å²) < 4.78 is 10.3. The van der Waals surface area contributed by atoms with Crippen LogP contribution in [0.1, 0.15) is 0 Å². The van der Waals surface area contributed by atoms with E-state index in [1.165, 1.54) is 4.90 Å². The predicted molar refractivity (Wildman–Crippen MR) is 41.8 cm³/mol. The molecule has 0 aliphatic rings. The summed E-state index contributed by atoms with van der Waals surface area (Å²) in [7, 11) is -4.58. The Bertz CT molecular complexity index is 162. The third-order valence-corrected chi connectivity index (χ3v) is 1.95. The van der Waals surface area contributed by atoms with E-state index < -0.39 is 13.9 Å². The van der Waals surface area contributed by atoms with E-state index in [4.69, 9.17) is 10.2 Å². The van der Waals surface area contributed by atoms with E-state index >= 15 is 0 Å². The summed E-state index contributed by atoms with van der Waals surface area (Å²) in [5.74, 6) is 0. The molecule has 0 atom stereocenters. The van der Waals surface area contributed by atoms with Crippen molar-refractivity contribution in [2.75, 3.05) is 32.6 Å². The van der Waals surface area contributed by atoms with Crippen molar-refractivity contribution in [2.24, 2.45) is 0 Å². The van der Waals surface area contributed by atoms with Crippen LogP contribution in [0.25, 0.3) is 0 Å². The minimum Gasteiger partial charge on any atom is -0.810 e. The molecule has 15 heavy (non-hydrogen) atoms. The van der Waals surface area contributed by atoms with Gasteiger partial charge in [0.2, 0.25) is 0 Å². The fourth-order valence-electron chi connectivity index (χ4n) is 0.781. The first kappa shape index (κ1) is 25.7. The molecule has 0 bridgehead atoms. The van der Waals surface area contributed by atoms with Crippen molar-refractivity contribution in [3.8, 4) is 0 Å². The zero-order valence-electron chi connectivity index (χ0n) is 9.05. The molecule has 0 aliphatic carbocycles. The van der Waals surface area contributed by atoms with Crippen molar-refractivity contribution in [1.82, 2.24) is 4.90 Å². The summed E-state index contributed by atoms with van der Waals surface area (Å²) in [6.07, 6.45) is -0.645. The van der Waals surface area contributed by atoms with Gasteiger partial charge in [0.05, 0.1) is 13.2 Å². The fraction of sp³-hybridized carbons (Fsp3) is 1.00. The topological polar surface area (TPSA) is 138 Å². The Morgan fingerprint density at radius 2 is 1.40 bits per heavy atom. The Kier molecular flexibility index (Phi) is 24.1. The standard InChI is InChI=1S/C5H14NO5P.2Na.H2O/c7-3-1-6(2-4-8)5-12(9,10)11;;;/h7-8H,1-5H2,(H2,9,10,11);;;1H2/q;2*+1;/p-2. The molecule has 10 heteroatoms. The van der Waals surface area contributed by atoms with Crippen LogP contribution in [0.3, 0.4) is 0 Å². The fourth-order valence-corrected chi connectivity index (χ4v) is 1.55. The molecule has 0 heterocycles. The zero-order valence-corrected chi connectivity index (χ0v) is 13.9. The Labute approximate surface area is 133 Å². The van der Waals surface area contributed by atoms with Gasteiger partial charge in [-0.2, -0.15) is 0 Å². The first-order valence-electron chi connectivity index (χ1n) is 3.45. The number of aliphatic hydroxyl groups excluding tert-OH is 2. The summed E-state index contributed by atoms with van der Waals surface area (Å²) >= 11 is 0. The Morgan fingerprint density at radius 1 is 1.07 bits per heavy atom. The van der Waals surface area contributed by atoms with Crippen LogP contribution in [-0.4, -0.2) is 53.2 Å². The van der Waals surface area contributed by atoms with Crippen molar-refractivity contribution in [1.29, 1.82) is 0 Å². The molecule has 0 saturated heterocycles. The van der Waals surface area contributed by atoms with Crippen LogP contribution in [0, 0.1) is 0 Å². The average molecular weight is 261 g/mol. The molecule has 0 fully saturated rings. The van der Waals surface area contributed by atoms with Crippen LogP contribution < -0.4 is 68.9 Å². The predicted octanol–water partition coefficient (Wildman–Crippen LogP) is -9.67. The first-order valence-corrected chi connectivity index (χ1v) is 5.17. The molecule has 0 saturated carbocycles. The zero-order chi connectivity index (χ0) is 9.61. The monoisotopic (exact) mass is 261 g/mol. The summed E-state index contributed by atoms with van der Waals surface area (Å²) in [5.41, 5.74) is 0. The second-order valence-corrected chi connectivity index (χ2v) is 3.82. The van der Waals surface area contributed by atoms with Crippen molar-refractivity contribution in [3.63, 3.8) is 0 Å². The van der Waals surface area contributed by atoms with Crippen molar-refractivity contribution in [3.05, 3.63) is 0 Å². The molecule has 4 N–H and O–H groups in total. The molecular formula is C5H14NNa2O6P. The largest absolute Gasteiger partial charge is 1.00 e. The summed E-state index contributed by atoms with van der Waals surface area (Å²) in [6.45, 7) is -0.315. The van der Waals surface area contributed by atoms with Gasteiger partial charge in [-0.15, -0.1) is 0 Å². The number of aliphatic hydroxyl groups is 2. The Hall–Kier alpha value is 1.99. The van der Waals surface area contributed by atoms with Crippen molar-refractivity contribution in [2.45, 2.75) is 0 Å². The third kappa shape index (κ3) is 18.5. The maximum absolute atomic E-state index is 10.3. The van der Waals surface area contributed by atoms with Gasteiger partial charge in [-0.05, 0) is 0 Å². The number of hydrogen-bond donors (Lipinski definition) is 2. The van der Waals surface area contributed by atoms with Crippen molar-refractivity contribution < 1.29 is 89.2 Å². The maximum atomic E-state index is 10.3. The first-order chi connectivity index (χ1) is 5.49. The summed E-state index contributed by atoms with van der Waals surface area (Å²) in [6, 6.07) is 0. The van der Waals surface area contributed by atoms with Gasteiger partial charge in [0, 0.05) is 19.4 Å². The van der Waals surface area contributed by atoms with Gasteiger partial charge >= 0.3 is 59.1 Å². The SMILES string of the molecule is O.O=P([O-])([O-])CN(CCO)CCO.[Na+].[Na+]. The molecule has 0 rings (SSSR count). The minimum absolute atomic E-state index is 0. The molecule has 82 valence electrons. The molecule has 0 aromatic carbocycles. The third-order valence-electron chi connectivity index (χ3n) is 1.21. The molecule has 0 spiro atoms. The van der Waals surface area contributed by atoms with E-state index in [2.05, 4.69) is 0 Å². The average Bonchev–Trinajstić information content (AvgIpc) is 1.84. The normalized spacial score (nSPS) is 9.93. The Morgan fingerprint density at radius 3 is 1.60 bits per heavy atom. The van der Waals surface area contributed by atoms with Gasteiger partial charge < -0.3 is 30.0 Å². The number of nitrogens with zero attached hydrogens (tertiary/aromatic N) is 1. The van der Waals surface area contributed by atoms with Crippen molar-refractivity contribution >= 4 is 7.60 Å². The second kappa shape index (κ2) is 14.1. The van der Waals surface area contributed by atoms with E-state index in [0.29, 0.717) is 0 Å². The van der Waals surface area contributed by atoms with Crippen LogP contribution in [0.5, 0.6) is 0 Å². The van der Waals surface area contributed by atoms with E-state index in [1.54, 1.807) is 0 Å². The smallest absolute Gasteiger partial charge is 0.810 e. The van der Waals surface area contributed by atoms with E-state index in [0.717, 1.165) is 0 Å². The molecule has 0 aromatic heterocycles. The van der Waals surface area contributed by atoms with Gasteiger partial charge in [-0.3, -0.25) is 4.90 Å². The van der Waals surface area contributed by atoms with Gasteiger partial charge in [-0.25, -0.2) is 0 Å². The van der Waals surface area contributed by atoms with Crippen LogP contribution in [0.15, 0.2) is 0 Å². The Balaban J connectivity index is -0.000000202. The summed E-state index contributed by atoms with van der Waals surface area (Å²) in [5, 5.41) is 16.9. The molecule has 7 nitrogen and oxygen atoms in total. The van der Waals surface area contributed by atoms with Crippen LogP contribution in [0.2, 0.25) is 0 Å². The molecular weight excluding hydrogens is 247 g/mol. The van der Waals surface area contributed by atoms with Gasteiger partial charge in [0.1, 0.15) is 0 Å². The quantitative estimate of drug-likeness (QED) is 0.359. The molecule has 0 aromatic rings. The number of hydrogen-bond acceptors (Lipinski definition) is 6. The van der Waals surface area contributed by atoms with Gasteiger partial charge in [0.25, 0.3) is 0 Å². The molecule has 0 radical (unpaired) electrons. The van der Waals surface area contributed by atoms with E-state index in [9.17, 15) is 14.4 Å². The van der Waals surface area contributed by atoms with Gasteiger partial charge in [-0.1, -0.05) is 7.60 Å². The van der Waals surface area contributed by atoms with Gasteiger partial charge in [0.15, 0.2) is 0 Å². The molecule has 0 unspecified atom stereocenters. The minimum atomic E-state index is -4.58. The van der Waals surface area contributed by atoms with E-state index in [1.807, 2.05) is 0 Å². The molecule has 0 amide bonds. The van der Waals surface area contributed by atoms with E-state index in [-0.39, 0.29) is 90.9 Å². The maximum Gasteiger partial charge on any atom is 1.00 e. The number of rotatable bonds is 6. The van der Waals surface area contributed by atoms with Crippen LogP contribution in [0.4, 0.5) is 0 Å². The summed E-state index contributed by atoms with van der Waals surface area (Å²) in [4.78, 5) is 21.7. The van der Waals surface area contributed by atoms with Crippen LogP contribution >= 0.6 is 7.60 Å². The van der Waals surface area contributed by atoms with Crippen LogP contribution in [-0.2, 0) is 4.57 Å². The second-order valence-electron chi connectivity index (χ2n) is 2.32.